The molecule has 0 saturated heterocycles. The molecule has 0 bridgehead atoms. The van der Waals surface area contributed by atoms with E-state index in [9.17, 15) is 0 Å². The molecule has 0 radical (unpaired) electrons. The molecule has 2 aromatic heterocycles. The van der Waals surface area contributed by atoms with Crippen LogP contribution in [0.15, 0.2) is 36.5 Å². The first-order valence-electron chi connectivity index (χ1n) is 8.40. The molecule has 0 saturated carbocycles. The number of rotatable bonds is 4. The molecule has 4 rings (SSSR count). The van der Waals surface area contributed by atoms with Crippen molar-refractivity contribution < 1.29 is 4.74 Å². The zero-order valence-corrected chi connectivity index (χ0v) is 14.1. The van der Waals surface area contributed by atoms with E-state index < -0.39 is 0 Å². The van der Waals surface area contributed by atoms with Gasteiger partial charge in [0, 0.05) is 30.4 Å². The number of benzene rings is 1. The molecule has 1 aliphatic heterocycles. The number of imidazole rings is 1. The number of aromatic amines is 1. The first-order chi connectivity index (χ1) is 11.7. The Morgan fingerprint density at radius 2 is 2.04 bits per heavy atom. The van der Waals surface area contributed by atoms with E-state index in [0.717, 1.165) is 35.9 Å². The van der Waals surface area contributed by atoms with Crippen molar-refractivity contribution in [3.63, 3.8) is 0 Å². The minimum atomic E-state index is 0.856. The van der Waals surface area contributed by atoms with Crippen LogP contribution in [0.25, 0.3) is 11.3 Å². The van der Waals surface area contributed by atoms with Crippen molar-refractivity contribution in [2.75, 3.05) is 12.4 Å². The molecule has 0 spiro atoms. The van der Waals surface area contributed by atoms with Crippen molar-refractivity contribution in [3.8, 4) is 17.0 Å². The minimum absolute atomic E-state index is 0.856. The minimum Gasteiger partial charge on any atom is -0.497 e. The Morgan fingerprint density at radius 1 is 1.21 bits per heavy atom. The summed E-state index contributed by atoms with van der Waals surface area (Å²) in [4.78, 5) is 8.08. The number of methoxy groups -OCH3 is 1. The Morgan fingerprint density at radius 3 is 2.83 bits per heavy atom. The lowest BCUT2D eigenvalue weighted by atomic mass is 10.1. The molecule has 0 amide bonds. The molecular formula is C19H22N4O. The highest BCUT2D eigenvalue weighted by Crippen LogP contribution is 2.31. The monoisotopic (exact) mass is 322 g/mol. The van der Waals surface area contributed by atoms with Crippen LogP contribution >= 0.6 is 0 Å². The molecule has 3 aromatic rings. The molecule has 0 atom stereocenters. The number of hydrogen-bond donors (Lipinski definition) is 2. The predicted molar refractivity (Wildman–Crippen MR) is 96.0 cm³/mol. The van der Waals surface area contributed by atoms with E-state index in [1.165, 1.54) is 29.9 Å². The first-order valence-corrected chi connectivity index (χ1v) is 8.40. The van der Waals surface area contributed by atoms with Crippen LogP contribution < -0.4 is 10.1 Å². The van der Waals surface area contributed by atoms with Gasteiger partial charge in [0.15, 0.2) is 0 Å². The number of nitrogens with one attached hydrogen (secondary N) is 2. The molecular weight excluding hydrogens is 300 g/mol. The molecule has 1 aliphatic rings. The zero-order chi connectivity index (χ0) is 16.5. The normalized spacial score (nSPS) is 13.6. The second-order valence-electron chi connectivity index (χ2n) is 6.23. The number of ether oxygens (including phenoxy) is 1. The van der Waals surface area contributed by atoms with E-state index >= 15 is 0 Å². The Labute approximate surface area is 141 Å². The SMILES string of the molecule is COc1ccc(Nc2cc(-c3c(C)nc4n3CCCC4)c[nH]2)cc1. The summed E-state index contributed by atoms with van der Waals surface area (Å²) < 4.78 is 7.57. The lowest BCUT2D eigenvalue weighted by molar-refractivity contribution is 0.415. The van der Waals surface area contributed by atoms with Gasteiger partial charge in [0.1, 0.15) is 17.4 Å². The third-order valence-corrected chi connectivity index (χ3v) is 4.58. The molecule has 1 aromatic carbocycles. The van der Waals surface area contributed by atoms with Crippen LogP contribution in [0.2, 0.25) is 0 Å². The molecule has 0 aliphatic carbocycles. The molecule has 0 fully saturated rings. The molecule has 2 N–H and O–H groups in total. The number of nitrogens with zero attached hydrogens (tertiary/aromatic N) is 2. The summed E-state index contributed by atoms with van der Waals surface area (Å²) in [5.41, 5.74) is 4.56. The van der Waals surface area contributed by atoms with Crippen molar-refractivity contribution in [1.29, 1.82) is 0 Å². The maximum Gasteiger partial charge on any atom is 0.119 e. The maximum atomic E-state index is 5.19. The van der Waals surface area contributed by atoms with E-state index in [1.54, 1.807) is 7.11 Å². The number of anilines is 2. The van der Waals surface area contributed by atoms with Crippen molar-refractivity contribution in [1.82, 2.24) is 14.5 Å². The average molecular weight is 322 g/mol. The van der Waals surface area contributed by atoms with Gasteiger partial charge in [-0.1, -0.05) is 0 Å². The summed E-state index contributed by atoms with van der Waals surface area (Å²) in [5.74, 6) is 3.05. The Hall–Kier alpha value is -2.69. The number of hydrogen-bond acceptors (Lipinski definition) is 3. The highest BCUT2D eigenvalue weighted by Gasteiger charge is 2.19. The molecule has 124 valence electrons. The summed E-state index contributed by atoms with van der Waals surface area (Å²) in [5, 5.41) is 3.40. The predicted octanol–water partition coefficient (Wildman–Crippen LogP) is 4.28. The van der Waals surface area contributed by atoms with E-state index in [1.807, 2.05) is 24.3 Å². The summed E-state index contributed by atoms with van der Waals surface area (Å²) in [6, 6.07) is 10.1. The molecule has 5 nitrogen and oxygen atoms in total. The van der Waals surface area contributed by atoms with Crippen LogP contribution in [0.3, 0.4) is 0 Å². The van der Waals surface area contributed by atoms with Crippen LogP contribution in [0.4, 0.5) is 11.5 Å². The van der Waals surface area contributed by atoms with E-state index in [-0.39, 0.29) is 0 Å². The van der Waals surface area contributed by atoms with Gasteiger partial charge in [-0.2, -0.15) is 0 Å². The van der Waals surface area contributed by atoms with Crippen molar-refractivity contribution in [2.24, 2.45) is 0 Å². The van der Waals surface area contributed by atoms with Crippen LogP contribution in [0, 0.1) is 6.92 Å². The number of H-pyrrole nitrogens is 1. The Kier molecular flexibility index (Phi) is 3.76. The van der Waals surface area contributed by atoms with Crippen LogP contribution in [-0.4, -0.2) is 21.6 Å². The topological polar surface area (TPSA) is 54.9 Å². The second-order valence-corrected chi connectivity index (χ2v) is 6.23. The van der Waals surface area contributed by atoms with Gasteiger partial charge < -0.3 is 19.6 Å². The summed E-state index contributed by atoms with van der Waals surface area (Å²) >= 11 is 0. The van der Waals surface area contributed by atoms with Crippen LogP contribution in [0.5, 0.6) is 5.75 Å². The van der Waals surface area contributed by atoms with Crippen molar-refractivity contribution in [3.05, 3.63) is 48.0 Å². The number of fused-ring (bicyclic) bond motifs is 1. The fourth-order valence-electron chi connectivity index (χ4n) is 3.41. The van der Waals surface area contributed by atoms with Crippen LogP contribution in [-0.2, 0) is 13.0 Å². The highest BCUT2D eigenvalue weighted by molar-refractivity contribution is 5.69. The molecule has 5 heteroatoms. The summed E-state index contributed by atoms with van der Waals surface area (Å²) in [7, 11) is 1.67. The van der Waals surface area contributed by atoms with Gasteiger partial charge in [-0.05, 0) is 50.1 Å². The lowest BCUT2D eigenvalue weighted by Crippen LogP contribution is -2.11. The Balaban J connectivity index is 1.60. The smallest absolute Gasteiger partial charge is 0.119 e. The van der Waals surface area contributed by atoms with Gasteiger partial charge in [-0.3, -0.25) is 0 Å². The number of aryl methyl sites for hydroxylation is 2. The van der Waals surface area contributed by atoms with E-state index in [4.69, 9.17) is 9.72 Å². The van der Waals surface area contributed by atoms with Crippen molar-refractivity contribution in [2.45, 2.75) is 32.7 Å². The van der Waals surface area contributed by atoms with Gasteiger partial charge in [-0.25, -0.2) is 4.98 Å². The van der Waals surface area contributed by atoms with Crippen LogP contribution in [0.1, 0.15) is 24.4 Å². The zero-order valence-electron chi connectivity index (χ0n) is 14.1. The standard InChI is InChI=1S/C19H22N4O/c1-13-19(23-10-4-3-5-18(23)21-13)14-11-17(20-12-14)22-15-6-8-16(24-2)9-7-15/h6-9,11-12,20,22H,3-5,10H2,1-2H3. The van der Waals surface area contributed by atoms with Gasteiger partial charge in [-0.15, -0.1) is 0 Å². The lowest BCUT2D eigenvalue weighted by Gasteiger charge is -2.15. The molecule has 0 unspecified atom stereocenters. The summed E-state index contributed by atoms with van der Waals surface area (Å²) in [6.07, 6.45) is 5.62. The molecule has 3 heterocycles. The highest BCUT2D eigenvalue weighted by atomic mass is 16.5. The maximum absolute atomic E-state index is 5.19. The third-order valence-electron chi connectivity index (χ3n) is 4.58. The first kappa shape index (κ1) is 14.9. The number of aromatic nitrogens is 3. The van der Waals surface area contributed by atoms with Gasteiger partial charge >= 0.3 is 0 Å². The Bertz CT molecular complexity index is 845. The second kappa shape index (κ2) is 6.07. The van der Waals surface area contributed by atoms with Gasteiger partial charge in [0.05, 0.1) is 18.5 Å². The fourth-order valence-corrected chi connectivity index (χ4v) is 3.41. The quantitative estimate of drug-likeness (QED) is 0.754. The summed E-state index contributed by atoms with van der Waals surface area (Å²) in [6.45, 7) is 3.17. The largest absolute Gasteiger partial charge is 0.497 e. The van der Waals surface area contributed by atoms with Gasteiger partial charge in [0.2, 0.25) is 0 Å². The van der Waals surface area contributed by atoms with Gasteiger partial charge in [0.25, 0.3) is 0 Å². The fraction of sp³-hybridized carbons (Fsp3) is 0.316. The van der Waals surface area contributed by atoms with Crippen molar-refractivity contribution >= 4 is 11.5 Å². The third kappa shape index (κ3) is 2.66. The molecule has 24 heavy (non-hydrogen) atoms. The van der Waals surface area contributed by atoms with E-state index in [2.05, 4.69) is 34.1 Å². The average Bonchev–Trinajstić information content (AvgIpc) is 3.18. The van der Waals surface area contributed by atoms with E-state index in [0.29, 0.717) is 0 Å².